The highest BCUT2D eigenvalue weighted by molar-refractivity contribution is 4.94. The molecular weight excluding hydrogens is 216 g/mol. The Morgan fingerprint density at radius 3 is 2.76 bits per heavy atom. The number of nitrogens with two attached hydrogens (primary N) is 1. The van der Waals surface area contributed by atoms with Crippen LogP contribution in [0.2, 0.25) is 0 Å². The van der Waals surface area contributed by atoms with E-state index in [4.69, 9.17) is 15.2 Å². The van der Waals surface area contributed by atoms with Crippen LogP contribution in [-0.2, 0) is 9.47 Å². The first-order valence-electron chi connectivity index (χ1n) is 6.65. The molecule has 0 saturated carbocycles. The first-order valence-corrected chi connectivity index (χ1v) is 6.65. The van der Waals surface area contributed by atoms with Gasteiger partial charge in [-0.1, -0.05) is 0 Å². The minimum Gasteiger partial charge on any atom is -0.378 e. The van der Waals surface area contributed by atoms with Crippen LogP contribution in [0.5, 0.6) is 0 Å². The molecule has 2 N–H and O–H groups in total. The number of likely N-dealkylation sites (N-methyl/N-ethyl adjacent to an activating group) is 1. The van der Waals surface area contributed by atoms with Gasteiger partial charge in [0, 0.05) is 25.2 Å². The first-order chi connectivity index (χ1) is 8.00. The van der Waals surface area contributed by atoms with E-state index in [2.05, 4.69) is 32.7 Å². The topological polar surface area (TPSA) is 47.7 Å². The molecule has 1 fully saturated rings. The summed E-state index contributed by atoms with van der Waals surface area (Å²) in [6, 6.07) is 0. The minimum absolute atomic E-state index is 0.0952. The van der Waals surface area contributed by atoms with Crippen LogP contribution >= 0.6 is 0 Å². The average Bonchev–Trinajstić information content (AvgIpc) is 2.28. The van der Waals surface area contributed by atoms with Gasteiger partial charge in [-0.3, -0.25) is 4.90 Å². The summed E-state index contributed by atoms with van der Waals surface area (Å²) in [7, 11) is 2.15. The molecule has 1 heterocycles. The fourth-order valence-electron chi connectivity index (χ4n) is 2.50. The van der Waals surface area contributed by atoms with Crippen LogP contribution in [0.25, 0.3) is 0 Å². The van der Waals surface area contributed by atoms with Gasteiger partial charge in [0.1, 0.15) is 0 Å². The van der Waals surface area contributed by atoms with Crippen LogP contribution in [0.15, 0.2) is 0 Å². The van der Waals surface area contributed by atoms with Crippen molar-refractivity contribution < 1.29 is 9.47 Å². The van der Waals surface area contributed by atoms with Gasteiger partial charge in [0.15, 0.2) is 0 Å². The van der Waals surface area contributed by atoms with Crippen molar-refractivity contribution >= 4 is 0 Å². The predicted octanol–water partition coefficient (Wildman–Crippen LogP) is 1.24. The van der Waals surface area contributed by atoms with E-state index in [1.165, 1.54) is 0 Å². The van der Waals surface area contributed by atoms with Gasteiger partial charge in [0.2, 0.25) is 0 Å². The lowest BCUT2D eigenvalue weighted by Crippen LogP contribution is -2.57. The molecule has 2 unspecified atom stereocenters. The summed E-state index contributed by atoms with van der Waals surface area (Å²) >= 11 is 0. The number of hydrogen-bond donors (Lipinski definition) is 1. The maximum Gasteiger partial charge on any atom is 0.0597 e. The number of ether oxygens (including phenoxy) is 2. The molecule has 0 aromatic rings. The fraction of sp³-hybridized carbons (Fsp3) is 1.00. The Labute approximate surface area is 105 Å². The van der Waals surface area contributed by atoms with E-state index in [0.717, 1.165) is 32.6 Å². The largest absolute Gasteiger partial charge is 0.378 e. The van der Waals surface area contributed by atoms with E-state index in [1.54, 1.807) is 0 Å². The average molecular weight is 244 g/mol. The van der Waals surface area contributed by atoms with Crippen LogP contribution in [0, 0.1) is 0 Å². The summed E-state index contributed by atoms with van der Waals surface area (Å²) in [5, 5.41) is 0. The van der Waals surface area contributed by atoms with Gasteiger partial charge in [0.05, 0.1) is 18.8 Å². The Morgan fingerprint density at radius 2 is 2.24 bits per heavy atom. The summed E-state index contributed by atoms with van der Waals surface area (Å²) in [5.74, 6) is 0. The standard InChI is InChI=1S/C13H28N2O2/c1-11(2)16-8-6-15(4)13(10-14)5-7-17-12(3)9-13/h11-12H,5-10,14H2,1-4H3. The maximum absolute atomic E-state index is 5.99. The van der Waals surface area contributed by atoms with E-state index in [1.807, 2.05) is 0 Å². The number of rotatable bonds is 6. The van der Waals surface area contributed by atoms with Crippen molar-refractivity contribution in [3.8, 4) is 0 Å². The van der Waals surface area contributed by atoms with Gasteiger partial charge in [-0.15, -0.1) is 0 Å². The third kappa shape index (κ3) is 4.21. The van der Waals surface area contributed by atoms with Crippen molar-refractivity contribution in [1.29, 1.82) is 0 Å². The molecule has 0 radical (unpaired) electrons. The third-order valence-electron chi connectivity index (χ3n) is 3.70. The van der Waals surface area contributed by atoms with E-state index in [9.17, 15) is 0 Å². The van der Waals surface area contributed by atoms with E-state index in [-0.39, 0.29) is 5.54 Å². The first kappa shape index (κ1) is 14.9. The van der Waals surface area contributed by atoms with Gasteiger partial charge >= 0.3 is 0 Å². The zero-order valence-electron chi connectivity index (χ0n) is 11.7. The van der Waals surface area contributed by atoms with Crippen molar-refractivity contribution in [2.75, 3.05) is 33.4 Å². The lowest BCUT2D eigenvalue weighted by Gasteiger charge is -2.46. The van der Waals surface area contributed by atoms with E-state index in [0.29, 0.717) is 18.8 Å². The Hall–Kier alpha value is -0.160. The molecule has 1 saturated heterocycles. The predicted molar refractivity (Wildman–Crippen MR) is 70.2 cm³/mol. The molecule has 102 valence electrons. The second-order valence-electron chi connectivity index (χ2n) is 5.41. The highest BCUT2D eigenvalue weighted by Crippen LogP contribution is 2.29. The highest BCUT2D eigenvalue weighted by atomic mass is 16.5. The van der Waals surface area contributed by atoms with E-state index < -0.39 is 0 Å². The molecule has 0 spiro atoms. The zero-order valence-corrected chi connectivity index (χ0v) is 11.7. The molecular formula is C13H28N2O2. The molecule has 17 heavy (non-hydrogen) atoms. The summed E-state index contributed by atoms with van der Waals surface area (Å²) in [6.45, 7) is 9.46. The lowest BCUT2D eigenvalue weighted by molar-refractivity contribution is -0.0635. The molecule has 4 nitrogen and oxygen atoms in total. The number of nitrogens with zero attached hydrogens (tertiary/aromatic N) is 1. The Kier molecular flexibility index (Phi) is 5.86. The summed E-state index contributed by atoms with van der Waals surface area (Å²) in [5.41, 5.74) is 6.09. The normalized spacial score (nSPS) is 30.2. The lowest BCUT2D eigenvalue weighted by atomic mass is 9.85. The SMILES string of the molecule is CC(C)OCCN(C)C1(CN)CCOC(C)C1. The molecule has 1 rings (SSSR count). The highest BCUT2D eigenvalue weighted by Gasteiger charge is 2.37. The molecule has 0 aromatic carbocycles. The third-order valence-corrected chi connectivity index (χ3v) is 3.70. The van der Waals surface area contributed by atoms with Gasteiger partial charge in [-0.05, 0) is 40.7 Å². The second-order valence-corrected chi connectivity index (χ2v) is 5.41. The Morgan fingerprint density at radius 1 is 1.53 bits per heavy atom. The van der Waals surface area contributed by atoms with Gasteiger partial charge in [-0.2, -0.15) is 0 Å². The zero-order chi connectivity index (χ0) is 12.9. The Bertz CT molecular complexity index is 223. The molecule has 0 amide bonds. The summed E-state index contributed by atoms with van der Waals surface area (Å²) in [6.07, 6.45) is 2.64. The molecule has 1 aliphatic rings. The summed E-state index contributed by atoms with van der Waals surface area (Å²) < 4.78 is 11.2. The minimum atomic E-state index is 0.0952. The van der Waals surface area contributed by atoms with Crippen LogP contribution in [-0.4, -0.2) is 56.0 Å². The molecule has 4 heteroatoms. The van der Waals surface area contributed by atoms with Crippen LogP contribution in [0.4, 0.5) is 0 Å². The monoisotopic (exact) mass is 244 g/mol. The molecule has 1 aliphatic heterocycles. The smallest absolute Gasteiger partial charge is 0.0597 e. The van der Waals surface area contributed by atoms with Crippen LogP contribution in [0.1, 0.15) is 33.6 Å². The van der Waals surface area contributed by atoms with Crippen molar-refractivity contribution in [2.45, 2.75) is 51.4 Å². The molecule has 0 aromatic heterocycles. The van der Waals surface area contributed by atoms with Crippen molar-refractivity contribution in [3.05, 3.63) is 0 Å². The molecule has 0 aliphatic carbocycles. The summed E-state index contributed by atoms with van der Waals surface area (Å²) in [4.78, 5) is 2.36. The van der Waals surface area contributed by atoms with Gasteiger partial charge in [-0.25, -0.2) is 0 Å². The van der Waals surface area contributed by atoms with Crippen molar-refractivity contribution in [3.63, 3.8) is 0 Å². The Balaban J connectivity index is 2.47. The quantitative estimate of drug-likeness (QED) is 0.763. The van der Waals surface area contributed by atoms with Crippen LogP contribution in [0.3, 0.4) is 0 Å². The molecule has 2 atom stereocenters. The number of hydrogen-bond acceptors (Lipinski definition) is 4. The molecule has 0 bridgehead atoms. The second kappa shape index (κ2) is 6.69. The fourth-order valence-corrected chi connectivity index (χ4v) is 2.50. The maximum atomic E-state index is 5.99. The van der Waals surface area contributed by atoms with E-state index >= 15 is 0 Å². The van der Waals surface area contributed by atoms with Gasteiger partial charge in [0.25, 0.3) is 0 Å². The van der Waals surface area contributed by atoms with Crippen molar-refractivity contribution in [1.82, 2.24) is 4.90 Å². The van der Waals surface area contributed by atoms with Crippen LogP contribution < -0.4 is 5.73 Å². The van der Waals surface area contributed by atoms with Crippen molar-refractivity contribution in [2.24, 2.45) is 5.73 Å². The van der Waals surface area contributed by atoms with Gasteiger partial charge < -0.3 is 15.2 Å².